The van der Waals surface area contributed by atoms with Gasteiger partial charge in [-0.2, -0.15) is 0 Å². The average molecular weight is 345 g/mol. The highest BCUT2D eigenvalue weighted by molar-refractivity contribution is 7.99. The molecule has 2 aromatic heterocycles. The molecule has 2 amide bonds. The summed E-state index contributed by atoms with van der Waals surface area (Å²) in [5.41, 5.74) is 1.33. The zero-order valence-corrected chi connectivity index (χ0v) is 14.4. The number of hydrogen-bond acceptors (Lipinski definition) is 5. The predicted molar refractivity (Wildman–Crippen MR) is 93.6 cm³/mol. The van der Waals surface area contributed by atoms with Crippen LogP contribution in [0.25, 0.3) is 5.65 Å². The molecule has 0 aromatic carbocycles. The number of anilines is 1. The lowest BCUT2D eigenvalue weighted by molar-refractivity contribution is -0.133. The number of fused-ring (bicyclic) bond motifs is 1. The number of nitrogens with one attached hydrogen (secondary N) is 1. The molecule has 126 valence electrons. The number of allylic oxidation sites excluding steroid dienone is 1. The highest BCUT2D eigenvalue weighted by atomic mass is 32.2. The van der Waals surface area contributed by atoms with Gasteiger partial charge in [-0.3, -0.25) is 19.3 Å². The number of hydrogen-bond donors (Lipinski definition) is 1. The third-order valence-corrected chi connectivity index (χ3v) is 4.85. The van der Waals surface area contributed by atoms with Crippen LogP contribution in [-0.4, -0.2) is 49.0 Å². The van der Waals surface area contributed by atoms with Gasteiger partial charge in [-0.25, -0.2) is 0 Å². The van der Waals surface area contributed by atoms with Gasteiger partial charge in [0.15, 0.2) is 5.65 Å². The van der Waals surface area contributed by atoms with E-state index in [-0.39, 0.29) is 11.8 Å². The third-order valence-electron chi connectivity index (χ3n) is 3.84. The van der Waals surface area contributed by atoms with E-state index in [1.807, 2.05) is 31.2 Å². The minimum absolute atomic E-state index is 0.0897. The first kappa shape index (κ1) is 16.5. The van der Waals surface area contributed by atoms with Crippen molar-refractivity contribution in [3.05, 3.63) is 36.0 Å². The highest BCUT2D eigenvalue weighted by Gasteiger charge is 2.35. The molecule has 1 atom stereocenters. The number of rotatable bonds is 4. The number of nitrogens with zero attached hydrogens (tertiary/aromatic N) is 4. The third kappa shape index (κ3) is 3.14. The molecule has 0 saturated carbocycles. The van der Waals surface area contributed by atoms with Crippen LogP contribution < -0.4 is 5.32 Å². The summed E-state index contributed by atoms with van der Waals surface area (Å²) < 4.78 is 1.70. The fraction of sp³-hybridized carbons (Fsp3) is 0.375. The Hall–Kier alpha value is -2.35. The summed E-state index contributed by atoms with van der Waals surface area (Å²) in [6.07, 6.45) is 4.46. The van der Waals surface area contributed by atoms with Crippen LogP contribution in [0, 0.1) is 0 Å². The minimum Gasteiger partial charge on any atom is -0.317 e. The number of amides is 2. The summed E-state index contributed by atoms with van der Waals surface area (Å²) in [5, 5.41) is 10.8. The number of carbonyl (C=O) groups is 2. The van der Waals surface area contributed by atoms with Crippen LogP contribution in [0.3, 0.4) is 0 Å². The molecule has 1 fully saturated rings. The zero-order valence-electron chi connectivity index (χ0n) is 13.6. The van der Waals surface area contributed by atoms with Gasteiger partial charge in [0.05, 0.1) is 5.88 Å². The lowest BCUT2D eigenvalue weighted by Crippen LogP contribution is -2.45. The standard InChI is InChI=1S/C16H19N5O2S/c1-3-6-11(2)15(23)21-10-24-9-12(21)14(22)17-16-19-18-13-7-4-5-8-20(13)16/h4-8,12H,3,9-10H2,1-2H3,(H,17,19,22)/b11-6-/t12-/m1/s1. The maximum absolute atomic E-state index is 12.6. The smallest absolute Gasteiger partial charge is 0.250 e. The second-order valence-electron chi connectivity index (χ2n) is 5.53. The Morgan fingerprint density at radius 2 is 2.25 bits per heavy atom. The summed E-state index contributed by atoms with van der Waals surface area (Å²) in [4.78, 5) is 26.7. The zero-order chi connectivity index (χ0) is 17.1. The number of carbonyl (C=O) groups excluding carboxylic acids is 2. The van der Waals surface area contributed by atoms with E-state index in [1.165, 1.54) is 0 Å². The van der Waals surface area contributed by atoms with Gasteiger partial charge >= 0.3 is 0 Å². The largest absolute Gasteiger partial charge is 0.317 e. The molecule has 7 nitrogen and oxygen atoms in total. The SMILES string of the molecule is CC/C=C(/C)C(=O)N1CSC[C@@H]1C(=O)Nc1nnc2ccccn12. The molecule has 0 aliphatic carbocycles. The van der Waals surface area contributed by atoms with Crippen LogP contribution in [-0.2, 0) is 9.59 Å². The Morgan fingerprint density at radius 3 is 3.04 bits per heavy atom. The van der Waals surface area contributed by atoms with E-state index >= 15 is 0 Å². The lowest BCUT2D eigenvalue weighted by Gasteiger charge is -2.23. The maximum atomic E-state index is 12.6. The lowest BCUT2D eigenvalue weighted by atomic mass is 10.2. The first-order valence-electron chi connectivity index (χ1n) is 7.78. The van der Waals surface area contributed by atoms with Crippen LogP contribution in [0.2, 0.25) is 0 Å². The molecule has 24 heavy (non-hydrogen) atoms. The van der Waals surface area contributed by atoms with Gasteiger partial charge in [-0.15, -0.1) is 22.0 Å². The second-order valence-corrected chi connectivity index (χ2v) is 6.53. The van der Waals surface area contributed by atoms with Crippen molar-refractivity contribution < 1.29 is 9.59 Å². The van der Waals surface area contributed by atoms with Gasteiger partial charge in [0.2, 0.25) is 11.9 Å². The summed E-state index contributed by atoms with van der Waals surface area (Å²) in [7, 11) is 0. The van der Waals surface area contributed by atoms with Crippen LogP contribution in [0.4, 0.5) is 5.95 Å². The fourth-order valence-corrected chi connectivity index (χ4v) is 3.75. The van der Waals surface area contributed by atoms with Crippen LogP contribution in [0.1, 0.15) is 20.3 Å². The van der Waals surface area contributed by atoms with Crippen molar-refractivity contribution in [3.63, 3.8) is 0 Å². The van der Waals surface area contributed by atoms with E-state index in [0.29, 0.717) is 28.8 Å². The Morgan fingerprint density at radius 1 is 1.42 bits per heavy atom. The quantitative estimate of drug-likeness (QED) is 0.857. The van der Waals surface area contributed by atoms with Crippen LogP contribution in [0.15, 0.2) is 36.0 Å². The van der Waals surface area contributed by atoms with E-state index in [4.69, 9.17) is 0 Å². The second kappa shape index (κ2) is 7.04. The van der Waals surface area contributed by atoms with Crippen molar-refractivity contribution in [2.45, 2.75) is 26.3 Å². The van der Waals surface area contributed by atoms with Gasteiger partial charge in [0, 0.05) is 17.5 Å². The topological polar surface area (TPSA) is 79.6 Å². The molecule has 1 aliphatic heterocycles. The van der Waals surface area contributed by atoms with E-state index in [1.54, 1.807) is 34.2 Å². The Labute approximate surface area is 144 Å². The minimum atomic E-state index is -0.501. The Balaban J connectivity index is 1.76. The van der Waals surface area contributed by atoms with Crippen molar-refractivity contribution in [1.82, 2.24) is 19.5 Å². The molecule has 8 heteroatoms. The first-order chi connectivity index (χ1) is 11.6. The average Bonchev–Trinajstić information content (AvgIpc) is 3.22. The number of aromatic nitrogens is 3. The molecular formula is C16H19N5O2S. The van der Waals surface area contributed by atoms with Gasteiger partial charge in [0.25, 0.3) is 5.91 Å². The van der Waals surface area contributed by atoms with Gasteiger partial charge < -0.3 is 4.90 Å². The predicted octanol–water partition coefficient (Wildman–Crippen LogP) is 1.93. The van der Waals surface area contributed by atoms with Gasteiger partial charge in [-0.05, 0) is 25.5 Å². The van der Waals surface area contributed by atoms with E-state index in [2.05, 4.69) is 15.5 Å². The monoisotopic (exact) mass is 345 g/mol. The highest BCUT2D eigenvalue weighted by Crippen LogP contribution is 2.24. The molecule has 3 heterocycles. The molecule has 0 radical (unpaired) electrons. The summed E-state index contributed by atoms with van der Waals surface area (Å²) >= 11 is 1.57. The van der Waals surface area contributed by atoms with E-state index < -0.39 is 6.04 Å². The molecular weight excluding hydrogens is 326 g/mol. The van der Waals surface area contributed by atoms with Crippen LogP contribution in [0.5, 0.6) is 0 Å². The van der Waals surface area contributed by atoms with Crippen molar-refractivity contribution in [2.75, 3.05) is 16.9 Å². The van der Waals surface area contributed by atoms with Gasteiger partial charge in [-0.1, -0.05) is 19.1 Å². The summed E-state index contributed by atoms with van der Waals surface area (Å²) in [5.74, 6) is 1.13. The van der Waals surface area contributed by atoms with Crippen molar-refractivity contribution in [2.24, 2.45) is 0 Å². The number of pyridine rings is 1. The first-order valence-corrected chi connectivity index (χ1v) is 8.93. The normalized spacial score (nSPS) is 18.2. The fourth-order valence-electron chi connectivity index (χ4n) is 2.60. The molecule has 1 N–H and O–H groups in total. The van der Waals surface area contributed by atoms with Crippen molar-refractivity contribution >= 4 is 35.2 Å². The molecule has 0 spiro atoms. The molecule has 2 aromatic rings. The maximum Gasteiger partial charge on any atom is 0.250 e. The van der Waals surface area contributed by atoms with Crippen LogP contribution >= 0.6 is 11.8 Å². The van der Waals surface area contributed by atoms with Crippen molar-refractivity contribution in [1.29, 1.82) is 0 Å². The van der Waals surface area contributed by atoms with E-state index in [9.17, 15) is 9.59 Å². The van der Waals surface area contributed by atoms with Crippen molar-refractivity contribution in [3.8, 4) is 0 Å². The summed E-state index contributed by atoms with van der Waals surface area (Å²) in [6, 6.07) is 5.00. The molecule has 0 bridgehead atoms. The Kier molecular flexibility index (Phi) is 4.84. The van der Waals surface area contributed by atoms with Gasteiger partial charge in [0.1, 0.15) is 6.04 Å². The van der Waals surface area contributed by atoms with E-state index in [0.717, 1.165) is 6.42 Å². The molecule has 0 unspecified atom stereocenters. The molecule has 1 aliphatic rings. The molecule has 1 saturated heterocycles. The number of thioether (sulfide) groups is 1. The Bertz CT molecular complexity index is 801. The molecule has 3 rings (SSSR count). The summed E-state index contributed by atoms with van der Waals surface area (Å²) in [6.45, 7) is 3.77.